The summed E-state index contributed by atoms with van der Waals surface area (Å²) in [6, 6.07) is 0. The molecule has 0 aromatic carbocycles. The molecular formula is C14H22F3N5O. The monoisotopic (exact) mass is 333 g/mol. The molecule has 0 radical (unpaired) electrons. The number of guanidine groups is 1. The Kier molecular flexibility index (Phi) is 5.51. The fourth-order valence-corrected chi connectivity index (χ4v) is 2.81. The minimum absolute atomic E-state index is 0.0286. The molecule has 0 amide bonds. The third-order valence-corrected chi connectivity index (χ3v) is 3.81. The lowest BCUT2D eigenvalue weighted by atomic mass is 10.1. The standard InChI is InChI=1S/C14H22F3N5O/c1-18-13(22-5-4-10(7-22)9-23-3)19-6-11-8-21(2)20-12(11)14(15,16)17/h8,10H,4-7,9H2,1-3H3,(H,18,19). The molecule has 0 bridgehead atoms. The van der Waals surface area contributed by atoms with Crippen molar-refractivity contribution in [1.82, 2.24) is 20.0 Å². The number of aryl methyl sites for hydroxylation is 1. The zero-order chi connectivity index (χ0) is 17.0. The molecule has 1 aliphatic rings. The predicted molar refractivity (Wildman–Crippen MR) is 80.0 cm³/mol. The van der Waals surface area contributed by atoms with Crippen LogP contribution in [0.3, 0.4) is 0 Å². The van der Waals surface area contributed by atoms with E-state index in [-0.39, 0.29) is 12.1 Å². The Morgan fingerprint density at radius 1 is 1.52 bits per heavy atom. The van der Waals surface area contributed by atoms with Crippen molar-refractivity contribution in [3.05, 3.63) is 17.5 Å². The van der Waals surface area contributed by atoms with Crippen LogP contribution in [-0.4, -0.2) is 54.5 Å². The first-order chi connectivity index (χ1) is 10.8. The molecule has 0 aliphatic carbocycles. The Bertz CT molecular complexity index is 555. The molecule has 1 saturated heterocycles. The summed E-state index contributed by atoms with van der Waals surface area (Å²) < 4.78 is 45.2. The Labute approximate surface area is 133 Å². The number of alkyl halides is 3. The van der Waals surface area contributed by atoms with Crippen LogP contribution in [0, 0.1) is 5.92 Å². The lowest BCUT2D eigenvalue weighted by Gasteiger charge is -2.21. The van der Waals surface area contributed by atoms with E-state index >= 15 is 0 Å². The van der Waals surface area contributed by atoms with Crippen molar-refractivity contribution in [1.29, 1.82) is 0 Å². The molecule has 9 heteroatoms. The van der Waals surface area contributed by atoms with E-state index in [1.165, 1.54) is 17.9 Å². The summed E-state index contributed by atoms with van der Waals surface area (Å²) in [5.41, 5.74) is -0.754. The average molecular weight is 333 g/mol. The van der Waals surface area contributed by atoms with E-state index in [1.807, 2.05) is 4.90 Å². The summed E-state index contributed by atoms with van der Waals surface area (Å²) in [4.78, 5) is 6.20. The second-order valence-electron chi connectivity index (χ2n) is 5.63. The largest absolute Gasteiger partial charge is 0.435 e. The molecule has 1 atom stereocenters. The van der Waals surface area contributed by atoms with Crippen molar-refractivity contribution < 1.29 is 17.9 Å². The van der Waals surface area contributed by atoms with E-state index in [4.69, 9.17) is 4.74 Å². The van der Waals surface area contributed by atoms with Crippen LogP contribution in [0.4, 0.5) is 13.2 Å². The molecule has 2 rings (SSSR count). The third-order valence-electron chi connectivity index (χ3n) is 3.81. The molecule has 1 N–H and O–H groups in total. The maximum absolute atomic E-state index is 12.9. The van der Waals surface area contributed by atoms with Crippen LogP contribution in [0.1, 0.15) is 17.7 Å². The zero-order valence-corrected chi connectivity index (χ0v) is 13.5. The molecule has 6 nitrogen and oxygen atoms in total. The highest BCUT2D eigenvalue weighted by Crippen LogP contribution is 2.30. The quantitative estimate of drug-likeness (QED) is 0.670. The molecule has 2 heterocycles. The minimum Gasteiger partial charge on any atom is -0.384 e. The number of aliphatic imine (C=N–C) groups is 1. The SMILES string of the molecule is CN=C(NCc1cn(C)nc1C(F)(F)F)N1CCC(COC)C1. The minimum atomic E-state index is -4.46. The summed E-state index contributed by atoms with van der Waals surface area (Å²) in [6.45, 7) is 2.30. The highest BCUT2D eigenvalue weighted by Gasteiger charge is 2.37. The van der Waals surface area contributed by atoms with Gasteiger partial charge in [-0.05, 0) is 6.42 Å². The lowest BCUT2D eigenvalue weighted by molar-refractivity contribution is -0.142. The predicted octanol–water partition coefficient (Wildman–Crippen LogP) is 1.48. The maximum atomic E-state index is 12.9. The number of nitrogens with zero attached hydrogens (tertiary/aromatic N) is 4. The Hall–Kier alpha value is -1.77. The Morgan fingerprint density at radius 2 is 2.26 bits per heavy atom. The number of halogens is 3. The summed E-state index contributed by atoms with van der Waals surface area (Å²) in [5, 5.41) is 6.50. The second kappa shape index (κ2) is 7.20. The number of nitrogens with one attached hydrogen (secondary N) is 1. The van der Waals surface area contributed by atoms with Crippen LogP contribution in [0.15, 0.2) is 11.2 Å². The van der Waals surface area contributed by atoms with Gasteiger partial charge in [0.1, 0.15) is 0 Å². The van der Waals surface area contributed by atoms with E-state index in [0.717, 1.165) is 19.5 Å². The van der Waals surface area contributed by atoms with Crippen LogP contribution < -0.4 is 5.32 Å². The van der Waals surface area contributed by atoms with Gasteiger partial charge in [-0.25, -0.2) is 0 Å². The maximum Gasteiger partial charge on any atom is 0.435 e. The zero-order valence-electron chi connectivity index (χ0n) is 13.5. The van der Waals surface area contributed by atoms with Crippen molar-refractivity contribution >= 4 is 5.96 Å². The van der Waals surface area contributed by atoms with Crippen LogP contribution in [0.5, 0.6) is 0 Å². The average Bonchev–Trinajstić information content (AvgIpc) is 3.07. The number of methoxy groups -OCH3 is 1. The number of hydrogen-bond acceptors (Lipinski definition) is 3. The Morgan fingerprint density at radius 3 is 2.87 bits per heavy atom. The molecule has 0 saturated carbocycles. The van der Waals surface area contributed by atoms with Crippen molar-refractivity contribution in [3.8, 4) is 0 Å². The molecule has 1 fully saturated rings. The van der Waals surface area contributed by atoms with Gasteiger partial charge in [0.2, 0.25) is 0 Å². The first kappa shape index (κ1) is 17.6. The molecule has 130 valence electrons. The van der Waals surface area contributed by atoms with Crippen LogP contribution in [0.25, 0.3) is 0 Å². The fraction of sp³-hybridized carbons (Fsp3) is 0.714. The lowest BCUT2D eigenvalue weighted by Crippen LogP contribution is -2.40. The van der Waals surface area contributed by atoms with Gasteiger partial charge in [-0.15, -0.1) is 0 Å². The van der Waals surface area contributed by atoms with E-state index in [9.17, 15) is 13.2 Å². The molecule has 1 aromatic rings. The number of hydrogen-bond donors (Lipinski definition) is 1. The highest BCUT2D eigenvalue weighted by molar-refractivity contribution is 5.80. The van der Waals surface area contributed by atoms with Gasteiger partial charge in [0.15, 0.2) is 11.7 Å². The van der Waals surface area contributed by atoms with E-state index in [1.54, 1.807) is 14.2 Å². The topological polar surface area (TPSA) is 54.7 Å². The first-order valence-electron chi connectivity index (χ1n) is 7.39. The van der Waals surface area contributed by atoms with E-state index in [0.29, 0.717) is 18.5 Å². The molecular weight excluding hydrogens is 311 g/mol. The third kappa shape index (κ3) is 4.37. The van der Waals surface area contributed by atoms with Crippen molar-refractivity contribution in [2.75, 3.05) is 33.9 Å². The summed E-state index contributed by atoms with van der Waals surface area (Å²) in [6.07, 6.45) is -2.10. The smallest absolute Gasteiger partial charge is 0.384 e. The van der Waals surface area contributed by atoms with Gasteiger partial charge in [-0.1, -0.05) is 0 Å². The van der Waals surface area contributed by atoms with Crippen molar-refractivity contribution in [2.45, 2.75) is 19.1 Å². The fourth-order valence-electron chi connectivity index (χ4n) is 2.81. The summed E-state index contributed by atoms with van der Waals surface area (Å²) >= 11 is 0. The van der Waals surface area contributed by atoms with Crippen LogP contribution in [0.2, 0.25) is 0 Å². The first-order valence-corrected chi connectivity index (χ1v) is 7.39. The molecule has 1 aliphatic heterocycles. The summed E-state index contributed by atoms with van der Waals surface area (Å²) in [5.74, 6) is 1.02. The number of aromatic nitrogens is 2. The van der Waals surface area contributed by atoms with Gasteiger partial charge in [0.05, 0.1) is 6.61 Å². The van der Waals surface area contributed by atoms with Gasteiger partial charge in [0, 0.05) is 58.5 Å². The number of ether oxygens (including phenoxy) is 1. The van der Waals surface area contributed by atoms with Gasteiger partial charge in [-0.3, -0.25) is 9.67 Å². The van der Waals surface area contributed by atoms with E-state index < -0.39 is 11.9 Å². The summed E-state index contributed by atoms with van der Waals surface area (Å²) in [7, 11) is 4.76. The second-order valence-corrected chi connectivity index (χ2v) is 5.63. The van der Waals surface area contributed by atoms with Crippen molar-refractivity contribution in [2.24, 2.45) is 18.0 Å². The normalized spacial score (nSPS) is 19.5. The number of rotatable bonds is 4. The van der Waals surface area contributed by atoms with Gasteiger partial charge in [-0.2, -0.15) is 18.3 Å². The number of likely N-dealkylation sites (tertiary alicyclic amines) is 1. The van der Waals surface area contributed by atoms with Crippen molar-refractivity contribution in [3.63, 3.8) is 0 Å². The van der Waals surface area contributed by atoms with Crippen LogP contribution >= 0.6 is 0 Å². The molecule has 0 spiro atoms. The van der Waals surface area contributed by atoms with Crippen LogP contribution in [-0.2, 0) is 24.5 Å². The highest BCUT2D eigenvalue weighted by atomic mass is 19.4. The molecule has 1 unspecified atom stereocenters. The van der Waals surface area contributed by atoms with Gasteiger partial charge in [0.25, 0.3) is 0 Å². The molecule has 23 heavy (non-hydrogen) atoms. The van der Waals surface area contributed by atoms with Gasteiger partial charge >= 0.3 is 6.18 Å². The Balaban J connectivity index is 2.00. The van der Waals surface area contributed by atoms with Gasteiger partial charge < -0.3 is 15.0 Å². The van der Waals surface area contributed by atoms with E-state index in [2.05, 4.69) is 15.4 Å². The molecule has 1 aromatic heterocycles.